The van der Waals surface area contributed by atoms with Gasteiger partial charge in [-0.2, -0.15) is 0 Å². The molecule has 1 heterocycles. The normalized spacial score (nSPS) is 9.21. The Bertz CT molecular complexity index is 271. The molecule has 0 aromatic carbocycles. The summed E-state index contributed by atoms with van der Waals surface area (Å²) < 4.78 is 2.16. The minimum Gasteiger partial charge on any atom is -1.00 e. The predicted octanol–water partition coefficient (Wildman–Crippen LogP) is -0.493. The first-order valence-corrected chi connectivity index (χ1v) is 4.95. The molecule has 0 aliphatic heterocycles. The molecular weight excluding hydrogens is 194 g/mol. The summed E-state index contributed by atoms with van der Waals surface area (Å²) >= 11 is 0. The molecule has 0 atom stereocenters. The number of allylic oxidation sites excluding steroid dienone is 1. The lowest BCUT2D eigenvalue weighted by molar-refractivity contribution is -0.687. The highest BCUT2D eigenvalue weighted by atomic mass is 35.5. The van der Waals surface area contributed by atoms with Crippen molar-refractivity contribution in [1.82, 2.24) is 0 Å². The zero-order valence-electron chi connectivity index (χ0n) is 8.75. The Hall–Kier alpha value is -0.820. The summed E-state index contributed by atoms with van der Waals surface area (Å²) in [4.78, 5) is 0. The largest absolute Gasteiger partial charge is 1.00 e. The van der Waals surface area contributed by atoms with Crippen molar-refractivity contribution in [3.63, 3.8) is 0 Å². The first-order chi connectivity index (χ1) is 6.36. The van der Waals surface area contributed by atoms with Gasteiger partial charge >= 0.3 is 0 Å². The monoisotopic (exact) mass is 211 g/mol. The zero-order chi connectivity index (χ0) is 9.52. The van der Waals surface area contributed by atoms with E-state index in [9.17, 15) is 0 Å². The molecule has 14 heavy (non-hydrogen) atoms. The van der Waals surface area contributed by atoms with Gasteiger partial charge in [-0.3, -0.25) is 0 Å². The van der Waals surface area contributed by atoms with Gasteiger partial charge < -0.3 is 12.4 Å². The Balaban J connectivity index is 0.00000169. The maximum absolute atomic E-state index is 3.73. The van der Waals surface area contributed by atoms with Gasteiger partial charge in [0.05, 0.1) is 0 Å². The van der Waals surface area contributed by atoms with Crippen molar-refractivity contribution in [2.45, 2.75) is 32.7 Å². The summed E-state index contributed by atoms with van der Waals surface area (Å²) in [7, 11) is 0. The van der Waals surface area contributed by atoms with Gasteiger partial charge in [0, 0.05) is 11.6 Å². The van der Waals surface area contributed by atoms with Gasteiger partial charge in [-0.15, -0.1) is 0 Å². The van der Waals surface area contributed by atoms with Crippen LogP contribution >= 0.6 is 0 Å². The van der Waals surface area contributed by atoms with Crippen LogP contribution in [0.15, 0.2) is 37.2 Å². The maximum Gasteiger partial charge on any atom is 0.172 e. The summed E-state index contributed by atoms with van der Waals surface area (Å²) in [6.07, 6.45) is 9.93. The molecular formula is C12H18ClN. The third-order valence-electron chi connectivity index (χ3n) is 2.08. The van der Waals surface area contributed by atoms with E-state index in [0.717, 1.165) is 6.54 Å². The highest BCUT2D eigenvalue weighted by Gasteiger charge is 1.99. The van der Waals surface area contributed by atoms with E-state index in [-0.39, 0.29) is 12.4 Å². The molecule has 0 spiro atoms. The van der Waals surface area contributed by atoms with Gasteiger partial charge in [0.1, 0.15) is 0 Å². The maximum atomic E-state index is 3.73. The van der Waals surface area contributed by atoms with E-state index in [1.807, 2.05) is 6.08 Å². The van der Waals surface area contributed by atoms with Crippen LogP contribution in [0.1, 0.15) is 25.3 Å². The Morgan fingerprint density at radius 2 is 2.29 bits per heavy atom. The molecule has 0 fully saturated rings. The summed E-state index contributed by atoms with van der Waals surface area (Å²) in [5, 5.41) is 0. The molecule has 2 heteroatoms. The van der Waals surface area contributed by atoms with E-state index in [1.54, 1.807) is 0 Å². The van der Waals surface area contributed by atoms with Crippen LogP contribution < -0.4 is 17.0 Å². The van der Waals surface area contributed by atoms with Gasteiger partial charge in [0.15, 0.2) is 18.9 Å². The van der Waals surface area contributed by atoms with Gasteiger partial charge in [-0.1, -0.05) is 19.9 Å². The molecule has 0 unspecified atom stereocenters. The Kier molecular flexibility index (Phi) is 7.13. The van der Waals surface area contributed by atoms with Crippen LogP contribution in [-0.4, -0.2) is 0 Å². The number of rotatable bonds is 5. The van der Waals surface area contributed by atoms with Crippen molar-refractivity contribution >= 4 is 0 Å². The van der Waals surface area contributed by atoms with E-state index in [2.05, 4.69) is 42.6 Å². The standard InChI is InChI=1S/C12H18N.ClH/c1-3-5-7-12-8-6-10-13(11-12)9-4-2;/h4,6,8,10-11H,2-3,5,7,9H2,1H3;1H/q+1;/p-1. The van der Waals surface area contributed by atoms with E-state index in [4.69, 9.17) is 0 Å². The van der Waals surface area contributed by atoms with Crippen LogP contribution in [-0.2, 0) is 13.0 Å². The Morgan fingerprint density at radius 3 is 2.93 bits per heavy atom. The molecule has 1 aromatic heterocycles. The van der Waals surface area contributed by atoms with Crippen LogP contribution in [0, 0.1) is 0 Å². The number of aromatic nitrogens is 1. The number of nitrogens with zero attached hydrogens (tertiary/aromatic N) is 1. The number of pyridine rings is 1. The summed E-state index contributed by atoms with van der Waals surface area (Å²) in [5.41, 5.74) is 1.42. The van der Waals surface area contributed by atoms with Crippen LogP contribution in [0.3, 0.4) is 0 Å². The summed E-state index contributed by atoms with van der Waals surface area (Å²) in [6, 6.07) is 4.30. The predicted molar refractivity (Wildman–Crippen MR) is 55.4 cm³/mol. The molecule has 0 bridgehead atoms. The number of aryl methyl sites for hydroxylation is 1. The number of unbranched alkanes of at least 4 members (excludes halogenated alkanes) is 1. The Labute approximate surface area is 92.9 Å². The molecule has 78 valence electrons. The third kappa shape index (κ3) is 4.43. The van der Waals surface area contributed by atoms with Gasteiger partial charge in [-0.25, -0.2) is 4.57 Å². The average Bonchev–Trinajstić information content (AvgIpc) is 2.16. The number of halogens is 1. The number of hydrogen-bond donors (Lipinski definition) is 0. The topological polar surface area (TPSA) is 3.88 Å². The molecule has 0 aliphatic carbocycles. The first kappa shape index (κ1) is 13.2. The zero-order valence-corrected chi connectivity index (χ0v) is 9.50. The van der Waals surface area contributed by atoms with Crippen LogP contribution in [0.25, 0.3) is 0 Å². The lowest BCUT2D eigenvalue weighted by atomic mass is 10.1. The minimum atomic E-state index is 0. The smallest absolute Gasteiger partial charge is 0.172 e. The third-order valence-corrected chi connectivity index (χ3v) is 2.08. The molecule has 0 aliphatic rings. The fourth-order valence-corrected chi connectivity index (χ4v) is 1.37. The van der Waals surface area contributed by atoms with E-state index in [1.165, 1.54) is 24.8 Å². The fraction of sp³-hybridized carbons (Fsp3) is 0.417. The molecule has 1 rings (SSSR count). The van der Waals surface area contributed by atoms with E-state index >= 15 is 0 Å². The van der Waals surface area contributed by atoms with Gasteiger partial charge in [0.2, 0.25) is 0 Å². The van der Waals surface area contributed by atoms with Crippen molar-refractivity contribution in [1.29, 1.82) is 0 Å². The second-order valence-electron chi connectivity index (χ2n) is 3.30. The fourth-order valence-electron chi connectivity index (χ4n) is 1.37. The van der Waals surface area contributed by atoms with Crippen LogP contribution in [0.4, 0.5) is 0 Å². The van der Waals surface area contributed by atoms with Gasteiger partial charge in [0.25, 0.3) is 0 Å². The molecule has 0 N–H and O–H groups in total. The lowest BCUT2D eigenvalue weighted by Crippen LogP contribution is -3.00. The molecule has 0 amide bonds. The van der Waals surface area contributed by atoms with Crippen molar-refractivity contribution in [2.75, 3.05) is 0 Å². The second-order valence-corrected chi connectivity index (χ2v) is 3.30. The van der Waals surface area contributed by atoms with Crippen molar-refractivity contribution in [3.8, 4) is 0 Å². The highest BCUT2D eigenvalue weighted by Crippen LogP contribution is 2.01. The molecule has 1 nitrogen and oxygen atoms in total. The Morgan fingerprint density at radius 1 is 1.50 bits per heavy atom. The van der Waals surface area contributed by atoms with Crippen LogP contribution in [0.5, 0.6) is 0 Å². The SMILES string of the molecule is C=CC[n+]1cccc(CCCC)c1.[Cl-]. The van der Waals surface area contributed by atoms with E-state index < -0.39 is 0 Å². The quantitative estimate of drug-likeness (QED) is 0.457. The highest BCUT2D eigenvalue weighted by molar-refractivity contribution is 5.05. The molecule has 0 saturated heterocycles. The first-order valence-electron chi connectivity index (χ1n) is 4.95. The molecule has 0 saturated carbocycles. The lowest BCUT2D eigenvalue weighted by Gasteiger charge is -1.97. The van der Waals surface area contributed by atoms with Crippen molar-refractivity contribution in [2.24, 2.45) is 0 Å². The van der Waals surface area contributed by atoms with Crippen molar-refractivity contribution < 1.29 is 17.0 Å². The van der Waals surface area contributed by atoms with Crippen molar-refractivity contribution in [3.05, 3.63) is 42.7 Å². The van der Waals surface area contributed by atoms with Gasteiger partial charge in [-0.05, 0) is 25.0 Å². The number of hydrogen-bond acceptors (Lipinski definition) is 0. The average molecular weight is 212 g/mol. The van der Waals surface area contributed by atoms with Crippen LogP contribution in [0.2, 0.25) is 0 Å². The van der Waals surface area contributed by atoms with E-state index in [0.29, 0.717) is 0 Å². The minimum absolute atomic E-state index is 0. The molecule has 0 radical (unpaired) electrons. The summed E-state index contributed by atoms with van der Waals surface area (Å²) in [5.74, 6) is 0. The summed E-state index contributed by atoms with van der Waals surface area (Å²) in [6.45, 7) is 6.85. The molecule has 1 aromatic rings. The second kappa shape index (κ2) is 7.57.